The highest BCUT2D eigenvalue weighted by Crippen LogP contribution is 2.23. The van der Waals surface area contributed by atoms with Crippen molar-refractivity contribution in [2.75, 3.05) is 0 Å². The molecule has 0 radical (unpaired) electrons. The molecule has 76 valence electrons. The lowest BCUT2D eigenvalue weighted by Gasteiger charge is -2.10. The van der Waals surface area contributed by atoms with Crippen LogP contribution >= 0.6 is 23.2 Å². The first kappa shape index (κ1) is 11.3. The van der Waals surface area contributed by atoms with Gasteiger partial charge in [0.15, 0.2) is 0 Å². The average Bonchev–Trinajstić information content (AvgIpc) is 2.02. The van der Waals surface area contributed by atoms with Crippen molar-refractivity contribution in [3.05, 3.63) is 22.8 Å². The van der Waals surface area contributed by atoms with Gasteiger partial charge in [-0.25, -0.2) is 4.79 Å². The van der Waals surface area contributed by atoms with Gasteiger partial charge in [-0.15, -0.1) is 11.6 Å². The summed E-state index contributed by atoms with van der Waals surface area (Å²) in [4.78, 5) is 10.4. The van der Waals surface area contributed by atoms with Crippen LogP contribution in [-0.4, -0.2) is 29.7 Å². The lowest BCUT2D eigenvalue weighted by atomic mass is 10.1. The van der Waals surface area contributed by atoms with Crippen molar-refractivity contribution in [3.8, 4) is 0 Å². The summed E-state index contributed by atoms with van der Waals surface area (Å²) in [6, 6.07) is 0. The second-order valence-electron chi connectivity index (χ2n) is 2.42. The van der Waals surface area contributed by atoms with Crippen LogP contribution in [0.15, 0.2) is 22.8 Å². The third kappa shape index (κ3) is 2.17. The highest BCUT2D eigenvalue weighted by Gasteiger charge is 2.23. The van der Waals surface area contributed by atoms with E-state index >= 15 is 0 Å². The van der Waals surface area contributed by atoms with E-state index in [9.17, 15) is 13.2 Å². The van der Waals surface area contributed by atoms with Gasteiger partial charge in [-0.05, 0) is 12.2 Å². The van der Waals surface area contributed by atoms with E-state index in [0.717, 1.165) is 12.2 Å². The van der Waals surface area contributed by atoms with Crippen LogP contribution in [0.2, 0.25) is 0 Å². The predicted octanol–water partition coefficient (Wildman–Crippen LogP) is 0.793. The topological polar surface area (TPSA) is 71.4 Å². The standard InChI is InChI=1S/C7H4Cl2O4S/c8-4-2-5(9)6(14(12)13)1-3(4)7(10)11/h1-2,5H,(H,10,11). The molecular formula is C7H4Cl2O4S. The summed E-state index contributed by atoms with van der Waals surface area (Å²) in [6.07, 6.45) is 2.11. The van der Waals surface area contributed by atoms with E-state index in [1.54, 1.807) is 0 Å². The van der Waals surface area contributed by atoms with Crippen molar-refractivity contribution in [2.24, 2.45) is 0 Å². The van der Waals surface area contributed by atoms with Crippen LogP contribution in [0.4, 0.5) is 0 Å². The van der Waals surface area contributed by atoms with Gasteiger partial charge < -0.3 is 5.11 Å². The molecule has 0 saturated carbocycles. The van der Waals surface area contributed by atoms with Crippen molar-refractivity contribution in [3.63, 3.8) is 0 Å². The zero-order chi connectivity index (χ0) is 10.9. The van der Waals surface area contributed by atoms with E-state index in [1.165, 1.54) is 0 Å². The van der Waals surface area contributed by atoms with Crippen molar-refractivity contribution < 1.29 is 18.3 Å². The number of rotatable bonds is 1. The zero-order valence-electron chi connectivity index (χ0n) is 6.57. The fraction of sp³-hybridized carbons (Fsp3) is 0.143. The summed E-state index contributed by atoms with van der Waals surface area (Å²) in [6.45, 7) is 0. The second-order valence-corrected chi connectivity index (χ2v) is 4.23. The maximum absolute atomic E-state index is 10.6. The molecule has 4 nitrogen and oxygen atoms in total. The summed E-state index contributed by atoms with van der Waals surface area (Å²) >= 11 is 11.2. The first-order chi connectivity index (χ1) is 6.43. The Balaban J connectivity index is 3.35. The molecule has 1 aliphatic carbocycles. The monoisotopic (exact) mass is 254 g/mol. The fourth-order valence-corrected chi connectivity index (χ4v) is 2.09. The molecule has 1 rings (SSSR count). The van der Waals surface area contributed by atoms with Crippen LogP contribution in [0.3, 0.4) is 0 Å². The molecule has 0 aliphatic heterocycles. The van der Waals surface area contributed by atoms with Crippen LogP contribution in [0.1, 0.15) is 0 Å². The molecule has 1 aliphatic rings. The molecular weight excluding hydrogens is 251 g/mol. The lowest BCUT2D eigenvalue weighted by Crippen LogP contribution is -2.18. The molecule has 1 N–H and O–H groups in total. The normalized spacial score (nSPS) is 21.3. The lowest BCUT2D eigenvalue weighted by molar-refractivity contribution is -0.132. The number of carboxylic acids is 1. The zero-order valence-corrected chi connectivity index (χ0v) is 8.90. The Labute approximate surface area is 91.0 Å². The number of carboxylic acid groups (broad SMARTS) is 1. The van der Waals surface area contributed by atoms with E-state index in [-0.39, 0.29) is 15.5 Å². The summed E-state index contributed by atoms with van der Waals surface area (Å²) in [5, 5.41) is 7.67. The van der Waals surface area contributed by atoms with Gasteiger partial charge in [0, 0.05) is 0 Å². The van der Waals surface area contributed by atoms with Crippen molar-refractivity contribution in [1.29, 1.82) is 0 Å². The van der Waals surface area contributed by atoms with Crippen LogP contribution in [-0.2, 0) is 15.1 Å². The number of carbonyl (C=O) groups is 1. The van der Waals surface area contributed by atoms with Gasteiger partial charge in [0.05, 0.1) is 20.8 Å². The van der Waals surface area contributed by atoms with Gasteiger partial charge in [-0.1, -0.05) is 11.6 Å². The van der Waals surface area contributed by atoms with Crippen LogP contribution < -0.4 is 0 Å². The summed E-state index contributed by atoms with van der Waals surface area (Å²) in [5.74, 6) is -1.29. The molecule has 14 heavy (non-hydrogen) atoms. The fourth-order valence-electron chi connectivity index (χ4n) is 0.895. The average molecular weight is 255 g/mol. The van der Waals surface area contributed by atoms with Gasteiger partial charge in [-0.3, -0.25) is 0 Å². The highest BCUT2D eigenvalue weighted by molar-refractivity contribution is 7.73. The number of hydrogen-bond donors (Lipinski definition) is 1. The first-order valence-corrected chi connectivity index (χ1v) is 5.25. The van der Waals surface area contributed by atoms with E-state index < -0.39 is 21.6 Å². The molecule has 0 bridgehead atoms. The quantitative estimate of drug-likeness (QED) is 0.555. The van der Waals surface area contributed by atoms with Crippen LogP contribution in [0, 0.1) is 0 Å². The maximum atomic E-state index is 10.6. The minimum absolute atomic E-state index is 0.0632. The van der Waals surface area contributed by atoms with E-state index in [1.807, 2.05) is 0 Å². The van der Waals surface area contributed by atoms with Crippen LogP contribution in [0.25, 0.3) is 0 Å². The SMILES string of the molecule is O=C(O)C1=CC(=S(=O)=O)C(Cl)C=C1Cl. The molecule has 0 aromatic heterocycles. The third-order valence-corrected chi connectivity index (χ3v) is 3.11. The second kappa shape index (κ2) is 4.16. The maximum Gasteiger partial charge on any atom is 0.337 e. The number of hydrogen-bond acceptors (Lipinski definition) is 3. The number of halogens is 2. The van der Waals surface area contributed by atoms with E-state index in [4.69, 9.17) is 28.3 Å². The van der Waals surface area contributed by atoms with Gasteiger partial charge in [0.25, 0.3) is 0 Å². The molecule has 1 unspecified atom stereocenters. The Morgan fingerprint density at radius 1 is 1.50 bits per heavy atom. The van der Waals surface area contributed by atoms with E-state index in [0.29, 0.717) is 0 Å². The Kier molecular flexibility index (Phi) is 3.36. The Hall–Kier alpha value is -0.780. The Bertz CT molecular complexity index is 464. The van der Waals surface area contributed by atoms with Crippen molar-refractivity contribution in [2.45, 2.75) is 5.38 Å². The molecule has 0 saturated heterocycles. The third-order valence-electron chi connectivity index (χ3n) is 1.53. The van der Waals surface area contributed by atoms with Crippen LogP contribution in [0.5, 0.6) is 0 Å². The van der Waals surface area contributed by atoms with Gasteiger partial charge in [0.2, 0.25) is 10.3 Å². The van der Waals surface area contributed by atoms with E-state index in [2.05, 4.69) is 0 Å². The predicted molar refractivity (Wildman–Crippen MR) is 53.2 cm³/mol. The number of allylic oxidation sites excluding steroid dienone is 2. The minimum atomic E-state index is -2.54. The summed E-state index contributed by atoms with van der Waals surface area (Å²) in [5.41, 5.74) is -0.275. The molecule has 0 aromatic carbocycles. The van der Waals surface area contributed by atoms with Crippen molar-refractivity contribution in [1.82, 2.24) is 0 Å². The molecule has 0 fully saturated rings. The number of aliphatic carboxylic acids is 1. The largest absolute Gasteiger partial charge is 0.478 e. The number of alkyl halides is 1. The van der Waals surface area contributed by atoms with Crippen molar-refractivity contribution >= 4 is 44.3 Å². The molecule has 7 heteroatoms. The van der Waals surface area contributed by atoms with Gasteiger partial charge >= 0.3 is 5.97 Å². The highest BCUT2D eigenvalue weighted by atomic mass is 35.5. The Morgan fingerprint density at radius 3 is 2.50 bits per heavy atom. The first-order valence-electron chi connectivity index (χ1n) is 3.36. The Morgan fingerprint density at radius 2 is 2.07 bits per heavy atom. The minimum Gasteiger partial charge on any atom is -0.478 e. The molecule has 0 aromatic rings. The molecule has 0 heterocycles. The molecule has 0 spiro atoms. The molecule has 1 atom stereocenters. The summed E-state index contributed by atoms with van der Waals surface area (Å²) in [7, 11) is -2.54. The van der Waals surface area contributed by atoms with Gasteiger partial charge in [-0.2, -0.15) is 8.42 Å². The summed E-state index contributed by atoms with van der Waals surface area (Å²) < 4.78 is 21.2. The van der Waals surface area contributed by atoms with Gasteiger partial charge in [0.1, 0.15) is 0 Å². The molecule has 0 amide bonds. The smallest absolute Gasteiger partial charge is 0.337 e.